The molecule has 12 N–H and O–H groups in total. The van der Waals surface area contributed by atoms with Crippen molar-refractivity contribution in [2.75, 3.05) is 0 Å². The van der Waals surface area contributed by atoms with Gasteiger partial charge in [0.25, 0.3) is 0 Å². The van der Waals surface area contributed by atoms with Crippen LogP contribution in [0.3, 0.4) is 0 Å². The van der Waals surface area contributed by atoms with E-state index in [0.29, 0.717) is 0 Å². The Morgan fingerprint density at radius 2 is 0.452 bits per heavy atom. The van der Waals surface area contributed by atoms with Crippen molar-refractivity contribution in [2.24, 2.45) is 0 Å². The topological polar surface area (TPSA) is 253 Å². The quantitative estimate of drug-likeness (QED) is 0.0573. The van der Waals surface area contributed by atoms with Crippen LogP contribution in [0, 0.1) is 0 Å². The van der Waals surface area contributed by atoms with Crippen molar-refractivity contribution in [3.05, 3.63) is 121 Å². The second-order valence-electron chi connectivity index (χ2n) is 14.7. The molecule has 306 valence electrons. The molecule has 0 aliphatic carbocycles. The lowest BCUT2D eigenvalue weighted by molar-refractivity contribution is 0.395. The highest BCUT2D eigenvalue weighted by Gasteiger charge is 2.37. The molecule has 2 aromatic heterocycles. The van der Waals surface area contributed by atoms with E-state index in [4.69, 9.17) is 0 Å². The molecule has 0 radical (unpaired) electrons. The number of hydrogen-bond donors (Lipinski definition) is 12. The molecule has 0 bridgehead atoms. The number of para-hydroxylation sites is 2. The fourth-order valence-electron chi connectivity index (χ4n) is 8.74. The smallest absolute Gasteiger partial charge is 0.183 e. The van der Waals surface area contributed by atoms with Crippen LogP contribution < -0.4 is 0 Å². The maximum atomic E-state index is 12.5. The summed E-state index contributed by atoms with van der Waals surface area (Å²) in [5.41, 5.74) is -2.79. The van der Waals surface area contributed by atoms with E-state index in [-0.39, 0.29) is 55.4 Å². The lowest BCUT2D eigenvalue weighted by Gasteiger charge is -2.17. The molecule has 0 saturated heterocycles. The van der Waals surface area contributed by atoms with Gasteiger partial charge in [-0.25, -0.2) is 0 Å². The molecule has 10 rings (SSSR count). The van der Waals surface area contributed by atoms with Crippen LogP contribution in [0.1, 0.15) is 0 Å². The van der Waals surface area contributed by atoms with E-state index in [1.165, 1.54) is 9.13 Å². The molecule has 10 aromatic rings. The predicted octanol–water partition coefficient (Wildman–Crippen LogP) is 9.35. The zero-order valence-corrected chi connectivity index (χ0v) is 31.8. The van der Waals surface area contributed by atoms with Crippen LogP contribution in [0.15, 0.2) is 121 Å². The lowest BCUT2D eigenvalue weighted by Crippen LogP contribution is -1.96. The molecule has 0 fully saturated rings. The predicted molar refractivity (Wildman–Crippen MR) is 231 cm³/mol. The van der Waals surface area contributed by atoms with Gasteiger partial charge >= 0.3 is 0 Å². The largest absolute Gasteiger partial charge is 0.506 e. The summed E-state index contributed by atoms with van der Waals surface area (Å²) in [6.07, 6.45) is 0. The Labute approximate surface area is 348 Å². The van der Waals surface area contributed by atoms with E-state index in [2.05, 4.69) is 0 Å². The standard InChI is InChI=1S/C48H32N2O12/c51-37-25(21-13-5-1-6-14-21)41(55)45(59)33-27(37)29-35(49(33)23-17-9-3-10-18-23)47(61)43(57)31(39(29)53)32-40(54)30-28-34(46(60)42(56)26(38(28)52)22-15-7-2-8-16-22)50(24-19-11-4-12-20-24)36(30)48(62)44(32)58/h1-20,51-62H. The summed E-state index contributed by atoms with van der Waals surface area (Å²) in [6.45, 7) is 0. The summed E-state index contributed by atoms with van der Waals surface area (Å²) in [6, 6.07) is 32.0. The lowest BCUT2D eigenvalue weighted by atomic mass is 9.93. The van der Waals surface area contributed by atoms with Gasteiger partial charge in [0.05, 0.1) is 43.8 Å². The number of fused-ring (bicyclic) bond motifs is 6. The summed E-state index contributed by atoms with van der Waals surface area (Å²) in [4.78, 5) is 0. The first-order chi connectivity index (χ1) is 29.9. The zero-order chi connectivity index (χ0) is 43.5. The monoisotopic (exact) mass is 828 g/mol. The molecule has 0 amide bonds. The van der Waals surface area contributed by atoms with Crippen LogP contribution >= 0.6 is 0 Å². The Balaban J connectivity index is 1.41. The minimum atomic E-state index is -1.16. The fraction of sp³-hybridized carbons (Fsp3) is 0. The molecular weight excluding hydrogens is 797 g/mol. The van der Waals surface area contributed by atoms with Gasteiger partial charge in [-0.3, -0.25) is 0 Å². The van der Waals surface area contributed by atoms with Gasteiger partial charge in [-0.05, 0) is 35.4 Å². The van der Waals surface area contributed by atoms with Crippen LogP contribution in [0.25, 0.3) is 88.4 Å². The molecular formula is C48H32N2O12. The second kappa shape index (κ2) is 13.2. The summed E-state index contributed by atoms with van der Waals surface area (Å²) in [5.74, 6) is -10.8. The maximum absolute atomic E-state index is 12.5. The zero-order valence-electron chi connectivity index (χ0n) is 31.8. The van der Waals surface area contributed by atoms with Gasteiger partial charge in [-0.15, -0.1) is 0 Å². The van der Waals surface area contributed by atoms with Gasteiger partial charge in [0.2, 0.25) is 0 Å². The Bertz CT molecular complexity index is 3280. The van der Waals surface area contributed by atoms with Crippen LogP contribution in [0.5, 0.6) is 69.0 Å². The van der Waals surface area contributed by atoms with Gasteiger partial charge in [0.1, 0.15) is 45.1 Å². The molecule has 0 spiro atoms. The van der Waals surface area contributed by atoms with Crippen molar-refractivity contribution in [3.63, 3.8) is 0 Å². The van der Waals surface area contributed by atoms with E-state index < -0.39 is 102 Å². The second-order valence-corrected chi connectivity index (χ2v) is 14.7. The van der Waals surface area contributed by atoms with Gasteiger partial charge in [-0.1, -0.05) is 97.1 Å². The summed E-state index contributed by atoms with van der Waals surface area (Å²) in [5, 5.41) is 142. The third kappa shape index (κ3) is 4.79. The molecule has 0 saturated carbocycles. The number of aromatic nitrogens is 2. The normalized spacial score (nSPS) is 11.7. The summed E-state index contributed by atoms with van der Waals surface area (Å²) >= 11 is 0. The third-order valence-electron chi connectivity index (χ3n) is 11.4. The summed E-state index contributed by atoms with van der Waals surface area (Å²) < 4.78 is 2.36. The number of aromatic hydroxyl groups is 12. The van der Waals surface area contributed by atoms with E-state index in [1.807, 2.05) is 0 Å². The van der Waals surface area contributed by atoms with Crippen molar-refractivity contribution in [2.45, 2.75) is 0 Å². The number of nitrogens with zero attached hydrogens (tertiary/aromatic N) is 2. The van der Waals surface area contributed by atoms with E-state index in [1.54, 1.807) is 121 Å². The average molecular weight is 829 g/mol. The average Bonchev–Trinajstić information content (AvgIpc) is 3.85. The molecule has 14 nitrogen and oxygen atoms in total. The van der Waals surface area contributed by atoms with E-state index in [0.717, 1.165) is 0 Å². The van der Waals surface area contributed by atoms with Crippen molar-refractivity contribution in [1.82, 2.24) is 9.13 Å². The highest BCUT2D eigenvalue weighted by Crippen LogP contribution is 2.64. The first-order valence-corrected chi connectivity index (χ1v) is 18.9. The Kier molecular flexibility index (Phi) is 7.95. The Morgan fingerprint density at radius 1 is 0.226 bits per heavy atom. The van der Waals surface area contributed by atoms with Gasteiger partial charge in [0, 0.05) is 11.4 Å². The third-order valence-corrected chi connectivity index (χ3v) is 11.4. The van der Waals surface area contributed by atoms with Crippen LogP contribution in [-0.4, -0.2) is 70.4 Å². The van der Waals surface area contributed by atoms with Crippen molar-refractivity contribution in [3.8, 4) is 114 Å². The molecule has 62 heavy (non-hydrogen) atoms. The first kappa shape index (κ1) is 37.2. The molecule has 8 aromatic carbocycles. The van der Waals surface area contributed by atoms with E-state index in [9.17, 15) is 61.3 Å². The molecule has 14 heteroatoms. The van der Waals surface area contributed by atoms with Crippen molar-refractivity contribution < 1.29 is 61.3 Å². The number of phenolic OH excluding ortho intramolecular Hbond substituents is 12. The minimum absolute atomic E-state index is 0.224. The molecule has 0 aliphatic rings. The van der Waals surface area contributed by atoms with Gasteiger partial charge in [-0.2, -0.15) is 0 Å². The Hall–Kier alpha value is -9.04. The van der Waals surface area contributed by atoms with Crippen molar-refractivity contribution in [1.29, 1.82) is 0 Å². The fourth-order valence-corrected chi connectivity index (χ4v) is 8.74. The molecule has 0 aliphatic heterocycles. The highest BCUT2D eigenvalue weighted by atomic mass is 16.3. The minimum Gasteiger partial charge on any atom is -0.506 e. The van der Waals surface area contributed by atoms with E-state index >= 15 is 0 Å². The number of phenols is 12. The summed E-state index contributed by atoms with van der Waals surface area (Å²) in [7, 11) is 0. The highest BCUT2D eigenvalue weighted by molar-refractivity contribution is 6.26. The van der Waals surface area contributed by atoms with Crippen LogP contribution in [0.4, 0.5) is 0 Å². The maximum Gasteiger partial charge on any atom is 0.183 e. The van der Waals surface area contributed by atoms with Crippen LogP contribution in [0.2, 0.25) is 0 Å². The van der Waals surface area contributed by atoms with Crippen LogP contribution in [-0.2, 0) is 0 Å². The molecule has 0 atom stereocenters. The Morgan fingerprint density at radius 3 is 0.726 bits per heavy atom. The first-order valence-electron chi connectivity index (χ1n) is 18.9. The van der Waals surface area contributed by atoms with Crippen molar-refractivity contribution >= 4 is 43.6 Å². The number of rotatable bonds is 5. The number of hydrogen-bond acceptors (Lipinski definition) is 12. The van der Waals surface area contributed by atoms with Gasteiger partial charge < -0.3 is 70.4 Å². The molecule has 2 heterocycles. The number of benzene rings is 8. The van der Waals surface area contributed by atoms with Gasteiger partial charge in [0.15, 0.2) is 46.0 Å². The SMILES string of the molecule is Oc1c(-c2ccccc2)c(O)c2c3c(O)c(-c4c(O)c(O)c5c(c4O)c4c(O)c(-c6ccccc6)c(O)c(O)c4n5-c4ccccc4)c(O)c(O)c3n(-c3ccccc3)c2c1O. The molecule has 0 unspecified atom stereocenters.